The number of carbonyl (C=O) groups excluding carboxylic acids is 1. The molecule has 0 N–H and O–H groups in total. The summed E-state index contributed by atoms with van der Waals surface area (Å²) in [5.74, 6) is -0.514. The summed E-state index contributed by atoms with van der Waals surface area (Å²) in [5.41, 5.74) is 0.0334. The molecule has 0 heterocycles. The molecule has 0 aromatic heterocycles. The van der Waals surface area contributed by atoms with Crippen LogP contribution in [0, 0.1) is 0 Å². The molecule has 4 heteroatoms. The number of rotatable bonds is 6. The smallest absolute Gasteiger partial charge is 0.264 e. The van der Waals surface area contributed by atoms with Gasteiger partial charge in [0, 0.05) is 5.57 Å². The number of hydrogen-bond donors (Lipinski definition) is 0. The van der Waals surface area contributed by atoms with E-state index in [1.54, 1.807) is 27.7 Å². The van der Waals surface area contributed by atoms with Gasteiger partial charge in [-0.15, -0.1) is 0 Å². The maximum absolute atomic E-state index is 11.3. The van der Waals surface area contributed by atoms with E-state index in [0.29, 0.717) is 5.57 Å². The van der Waals surface area contributed by atoms with Gasteiger partial charge < -0.3 is 0 Å². The topological polar surface area (TPSA) is 44.8 Å². The van der Waals surface area contributed by atoms with Crippen molar-refractivity contribution in [3.8, 4) is 0 Å². The Balaban J connectivity index is 3.84. The van der Waals surface area contributed by atoms with Gasteiger partial charge in [-0.05, 0) is 39.2 Å². The molecule has 0 saturated carbocycles. The van der Waals surface area contributed by atoms with Crippen LogP contribution in [0.2, 0.25) is 0 Å². The molecule has 16 heavy (non-hydrogen) atoms. The van der Waals surface area contributed by atoms with Gasteiger partial charge in [0.25, 0.3) is 0 Å². The maximum atomic E-state index is 11.3. The highest BCUT2D eigenvalue weighted by atomic mass is 17.5. The molecule has 0 radical (unpaired) electrons. The maximum Gasteiger partial charge on any atom is 0.371 e. The van der Waals surface area contributed by atoms with Gasteiger partial charge in [-0.25, -0.2) is 4.79 Å². The van der Waals surface area contributed by atoms with Crippen molar-refractivity contribution >= 4 is 5.97 Å². The summed E-state index contributed by atoms with van der Waals surface area (Å²) in [6, 6.07) is 0. The predicted octanol–water partition coefficient (Wildman–Crippen LogP) is 3.33. The highest BCUT2D eigenvalue weighted by Crippen LogP contribution is 2.09. The first-order valence-corrected chi connectivity index (χ1v) is 5.60. The van der Waals surface area contributed by atoms with Crippen LogP contribution in [0.1, 0.15) is 53.9 Å². The Morgan fingerprint density at radius 3 is 2.44 bits per heavy atom. The number of unbranched alkanes of at least 4 members (excludes halogenated alkanes) is 2. The van der Waals surface area contributed by atoms with Crippen molar-refractivity contribution in [3.63, 3.8) is 0 Å². The van der Waals surface area contributed by atoms with Crippen LogP contribution in [-0.2, 0) is 19.6 Å². The molecule has 0 bridgehead atoms. The zero-order chi connectivity index (χ0) is 12.6. The van der Waals surface area contributed by atoms with Gasteiger partial charge in [0.1, 0.15) is 0 Å². The molecule has 0 aromatic rings. The third-order valence-corrected chi connectivity index (χ3v) is 1.72. The zero-order valence-corrected chi connectivity index (χ0v) is 10.8. The van der Waals surface area contributed by atoms with E-state index in [1.807, 2.05) is 6.08 Å². The third kappa shape index (κ3) is 8.44. The lowest BCUT2D eigenvalue weighted by atomic mass is 10.2. The van der Waals surface area contributed by atoms with Crippen LogP contribution >= 0.6 is 0 Å². The second kappa shape index (κ2) is 7.41. The summed E-state index contributed by atoms with van der Waals surface area (Å²) in [7, 11) is 0. The summed E-state index contributed by atoms with van der Waals surface area (Å²) >= 11 is 0. The Labute approximate surface area is 97.4 Å². The van der Waals surface area contributed by atoms with Crippen LogP contribution in [0.3, 0.4) is 0 Å². The minimum Gasteiger partial charge on any atom is -0.264 e. The quantitative estimate of drug-likeness (QED) is 0.304. The minimum atomic E-state index is -0.514. The van der Waals surface area contributed by atoms with E-state index in [2.05, 4.69) is 16.8 Å². The van der Waals surface area contributed by atoms with E-state index < -0.39 is 11.6 Å². The number of hydrogen-bond acceptors (Lipinski definition) is 4. The number of allylic oxidation sites excluding steroid dienone is 1. The molecular weight excluding hydrogens is 208 g/mol. The molecule has 0 aliphatic carbocycles. The minimum absolute atomic E-state index is 0.500. The molecule has 0 aromatic carbocycles. The van der Waals surface area contributed by atoms with Gasteiger partial charge in [0.2, 0.25) is 0 Å². The molecule has 0 amide bonds. The molecule has 0 aliphatic rings. The van der Waals surface area contributed by atoms with Gasteiger partial charge in [-0.1, -0.05) is 25.8 Å². The fraction of sp³-hybridized carbons (Fsp3) is 0.750. The van der Waals surface area contributed by atoms with Crippen molar-refractivity contribution in [2.45, 2.75) is 59.5 Å². The van der Waals surface area contributed by atoms with Crippen LogP contribution in [-0.4, -0.2) is 11.6 Å². The molecule has 0 spiro atoms. The van der Waals surface area contributed by atoms with Gasteiger partial charge in [0.05, 0.1) is 5.60 Å². The largest absolute Gasteiger partial charge is 0.371 e. The predicted molar refractivity (Wildman–Crippen MR) is 61.3 cm³/mol. The van der Waals surface area contributed by atoms with Crippen molar-refractivity contribution in [2.75, 3.05) is 0 Å². The summed E-state index contributed by atoms with van der Waals surface area (Å²) in [6.45, 7) is 9.18. The van der Waals surface area contributed by atoms with Crippen molar-refractivity contribution in [1.29, 1.82) is 0 Å². The Bertz CT molecular complexity index is 238. The summed E-state index contributed by atoms with van der Waals surface area (Å²) < 4.78 is 0. The van der Waals surface area contributed by atoms with E-state index in [0.717, 1.165) is 19.3 Å². The molecule has 4 nitrogen and oxygen atoms in total. The Morgan fingerprint density at radius 2 is 1.94 bits per heavy atom. The van der Waals surface area contributed by atoms with Gasteiger partial charge in [-0.2, -0.15) is 4.89 Å². The normalized spacial score (nSPS) is 12.7. The number of carbonyl (C=O) groups is 1. The third-order valence-electron chi connectivity index (χ3n) is 1.72. The molecule has 0 unspecified atom stereocenters. The fourth-order valence-electron chi connectivity index (χ4n) is 0.822. The van der Waals surface area contributed by atoms with Crippen LogP contribution in [0.5, 0.6) is 0 Å². The van der Waals surface area contributed by atoms with E-state index in [4.69, 9.17) is 4.89 Å². The molecule has 94 valence electrons. The Kier molecular flexibility index (Phi) is 7.01. The van der Waals surface area contributed by atoms with E-state index >= 15 is 0 Å². The van der Waals surface area contributed by atoms with Crippen LogP contribution in [0.4, 0.5) is 0 Å². The van der Waals surface area contributed by atoms with Crippen LogP contribution < -0.4 is 0 Å². The lowest BCUT2D eigenvalue weighted by Gasteiger charge is -2.15. The zero-order valence-electron chi connectivity index (χ0n) is 10.8. The second-order valence-electron chi connectivity index (χ2n) is 4.66. The Hall–Kier alpha value is -0.870. The van der Waals surface area contributed by atoms with Crippen molar-refractivity contribution < 1.29 is 19.6 Å². The van der Waals surface area contributed by atoms with Crippen LogP contribution in [0.25, 0.3) is 0 Å². The average molecular weight is 230 g/mol. The Morgan fingerprint density at radius 1 is 1.31 bits per heavy atom. The fourth-order valence-corrected chi connectivity index (χ4v) is 0.822. The van der Waals surface area contributed by atoms with E-state index in [1.165, 1.54) is 0 Å². The standard InChI is InChI=1S/C12H22O4/c1-6-7-8-9-10(2)11(13)14-16-15-12(3,4)5/h9H,6-8H2,1-5H3. The first-order chi connectivity index (χ1) is 7.37. The van der Waals surface area contributed by atoms with Crippen molar-refractivity contribution in [1.82, 2.24) is 0 Å². The molecule has 0 fully saturated rings. The van der Waals surface area contributed by atoms with Crippen molar-refractivity contribution in [3.05, 3.63) is 11.6 Å². The molecular formula is C12H22O4. The first-order valence-electron chi connectivity index (χ1n) is 5.60. The SMILES string of the molecule is CCCCC=C(C)C(=O)OOOC(C)(C)C. The highest BCUT2D eigenvalue weighted by molar-refractivity contribution is 5.87. The van der Waals surface area contributed by atoms with Gasteiger partial charge in [-0.3, -0.25) is 4.89 Å². The molecule has 0 aliphatic heterocycles. The molecule has 0 rings (SSSR count). The lowest BCUT2D eigenvalue weighted by molar-refractivity contribution is -0.513. The van der Waals surface area contributed by atoms with Crippen molar-refractivity contribution in [2.24, 2.45) is 0 Å². The highest BCUT2D eigenvalue weighted by Gasteiger charge is 2.14. The summed E-state index contributed by atoms with van der Waals surface area (Å²) in [6.07, 6.45) is 4.87. The average Bonchev–Trinajstić information content (AvgIpc) is 2.15. The summed E-state index contributed by atoms with van der Waals surface area (Å²) in [4.78, 5) is 20.6. The van der Waals surface area contributed by atoms with Gasteiger partial charge >= 0.3 is 5.97 Å². The summed E-state index contributed by atoms with van der Waals surface area (Å²) in [5, 5.41) is 4.40. The monoisotopic (exact) mass is 230 g/mol. The van der Waals surface area contributed by atoms with E-state index in [-0.39, 0.29) is 0 Å². The van der Waals surface area contributed by atoms with E-state index in [9.17, 15) is 4.79 Å². The lowest BCUT2D eigenvalue weighted by Crippen LogP contribution is -2.21. The molecule has 0 atom stereocenters. The second-order valence-corrected chi connectivity index (χ2v) is 4.66. The van der Waals surface area contributed by atoms with Gasteiger partial charge in [0.15, 0.2) is 0 Å². The molecule has 0 saturated heterocycles. The van der Waals surface area contributed by atoms with Crippen LogP contribution in [0.15, 0.2) is 11.6 Å². The first kappa shape index (κ1) is 15.1.